The fraction of sp³-hybridized carbons (Fsp3) is 0.333. The maximum atomic E-state index is 14.0. The lowest BCUT2D eigenvalue weighted by atomic mass is 9.90. The van der Waals surface area contributed by atoms with Gasteiger partial charge >= 0.3 is 0 Å². The minimum atomic E-state index is -0.643. The summed E-state index contributed by atoms with van der Waals surface area (Å²) in [5.41, 5.74) is 7.94. The number of rotatable bonds is 2. The molecule has 6 nitrogen and oxygen atoms in total. The van der Waals surface area contributed by atoms with Crippen molar-refractivity contribution >= 4 is 34.2 Å². The van der Waals surface area contributed by atoms with Crippen LogP contribution in [0.5, 0.6) is 0 Å². The molecule has 2 aromatic heterocycles. The van der Waals surface area contributed by atoms with Crippen molar-refractivity contribution in [3.05, 3.63) is 56.3 Å². The minimum Gasteiger partial charge on any atom is -0.267 e. The third-order valence-corrected chi connectivity index (χ3v) is 6.47. The molecule has 0 fully saturated rings. The Morgan fingerprint density at radius 3 is 2.62 bits per heavy atom. The molecule has 2 N–H and O–H groups in total. The molecule has 1 aromatic carbocycles. The van der Waals surface area contributed by atoms with Crippen molar-refractivity contribution in [2.45, 2.75) is 40.0 Å². The summed E-state index contributed by atoms with van der Waals surface area (Å²) in [6, 6.07) is 4.23. The van der Waals surface area contributed by atoms with Crippen LogP contribution in [0.2, 0.25) is 0 Å². The summed E-state index contributed by atoms with van der Waals surface area (Å²) in [6.07, 6.45) is 3.07. The Morgan fingerprint density at radius 2 is 1.83 bits per heavy atom. The molecule has 0 aliphatic heterocycles. The van der Waals surface area contributed by atoms with Crippen LogP contribution in [-0.4, -0.2) is 21.8 Å². The van der Waals surface area contributed by atoms with Crippen LogP contribution >= 0.6 is 11.3 Å². The fourth-order valence-electron chi connectivity index (χ4n) is 3.53. The largest absolute Gasteiger partial charge is 0.279 e. The molecule has 2 heterocycles. The van der Waals surface area contributed by atoms with Gasteiger partial charge in [0.25, 0.3) is 11.8 Å². The second-order valence-corrected chi connectivity index (χ2v) is 8.67. The first-order valence-electron chi connectivity index (χ1n) is 9.48. The Hall–Kier alpha value is -2.87. The van der Waals surface area contributed by atoms with E-state index in [1.165, 1.54) is 27.8 Å². The maximum Gasteiger partial charge on any atom is 0.279 e. The lowest BCUT2D eigenvalue weighted by Gasteiger charge is -2.16. The monoisotopic (exact) mass is 412 g/mol. The molecular weight excluding hydrogens is 391 g/mol. The van der Waals surface area contributed by atoms with Crippen LogP contribution in [0.3, 0.4) is 0 Å². The van der Waals surface area contributed by atoms with Gasteiger partial charge in [-0.2, -0.15) is 0 Å². The van der Waals surface area contributed by atoms with E-state index in [1.54, 1.807) is 13.8 Å². The summed E-state index contributed by atoms with van der Waals surface area (Å²) < 4.78 is 14.0. The van der Waals surface area contributed by atoms with Gasteiger partial charge < -0.3 is 0 Å². The number of aromatic nitrogens is 2. The topological polar surface area (TPSA) is 84.0 Å². The van der Waals surface area contributed by atoms with Gasteiger partial charge in [0.1, 0.15) is 11.3 Å². The van der Waals surface area contributed by atoms with E-state index in [2.05, 4.69) is 27.7 Å². The molecule has 0 saturated carbocycles. The number of nitrogens with one attached hydrogen (secondary N) is 2. The lowest BCUT2D eigenvalue weighted by Crippen LogP contribution is -2.41. The first-order valence-corrected chi connectivity index (χ1v) is 10.3. The van der Waals surface area contributed by atoms with Crippen molar-refractivity contribution in [1.29, 1.82) is 0 Å². The number of carbonyl (C=O) groups is 2. The summed E-state index contributed by atoms with van der Waals surface area (Å²) in [6.45, 7) is 5.75. The summed E-state index contributed by atoms with van der Waals surface area (Å²) in [4.78, 5) is 35.6. The predicted molar refractivity (Wildman–Crippen MR) is 109 cm³/mol. The smallest absolute Gasteiger partial charge is 0.267 e. The highest BCUT2D eigenvalue weighted by Gasteiger charge is 2.21. The lowest BCUT2D eigenvalue weighted by molar-refractivity contribution is 0.0849. The summed E-state index contributed by atoms with van der Waals surface area (Å²) >= 11 is 1.46. The van der Waals surface area contributed by atoms with Gasteiger partial charge in [-0.25, -0.2) is 14.4 Å². The van der Waals surface area contributed by atoms with Crippen molar-refractivity contribution < 1.29 is 14.0 Å². The van der Waals surface area contributed by atoms with Gasteiger partial charge in [-0.05, 0) is 56.7 Å². The first-order chi connectivity index (χ1) is 13.8. The molecule has 0 spiro atoms. The fourth-order valence-corrected chi connectivity index (χ4v) is 4.63. The molecule has 2 amide bonds. The van der Waals surface area contributed by atoms with E-state index in [-0.39, 0.29) is 11.5 Å². The number of carbonyl (C=O) groups excluding carboxylic acids is 2. The summed E-state index contributed by atoms with van der Waals surface area (Å²) in [5.74, 6) is -1.01. The van der Waals surface area contributed by atoms with Crippen LogP contribution in [0.15, 0.2) is 18.2 Å². The Bertz CT molecular complexity index is 1140. The molecule has 1 aliphatic rings. The van der Waals surface area contributed by atoms with Crippen LogP contribution in [-0.2, 0) is 12.8 Å². The summed E-state index contributed by atoms with van der Waals surface area (Å²) in [5, 5.41) is 0. The van der Waals surface area contributed by atoms with Crippen molar-refractivity contribution in [2.75, 3.05) is 0 Å². The highest BCUT2D eigenvalue weighted by atomic mass is 32.1. The van der Waals surface area contributed by atoms with Crippen LogP contribution in [0, 0.1) is 25.6 Å². The van der Waals surface area contributed by atoms with Crippen LogP contribution in [0.4, 0.5) is 4.39 Å². The number of benzene rings is 1. The van der Waals surface area contributed by atoms with E-state index in [0.29, 0.717) is 33.2 Å². The minimum absolute atomic E-state index is 0.0233. The van der Waals surface area contributed by atoms with E-state index in [1.807, 2.05) is 6.07 Å². The predicted octanol–water partition coefficient (Wildman–Crippen LogP) is 3.65. The van der Waals surface area contributed by atoms with Crippen molar-refractivity contribution in [3.8, 4) is 0 Å². The third-order valence-electron chi connectivity index (χ3n) is 5.23. The van der Waals surface area contributed by atoms with Crippen molar-refractivity contribution in [2.24, 2.45) is 5.92 Å². The van der Waals surface area contributed by atoms with E-state index in [4.69, 9.17) is 0 Å². The Balaban J connectivity index is 1.53. The molecule has 4 rings (SSSR count). The number of halogens is 1. The van der Waals surface area contributed by atoms with E-state index in [9.17, 15) is 14.0 Å². The molecule has 150 valence electrons. The molecule has 3 aromatic rings. The quantitative estimate of drug-likeness (QED) is 0.630. The van der Waals surface area contributed by atoms with E-state index < -0.39 is 11.7 Å². The zero-order valence-corrected chi connectivity index (χ0v) is 17.2. The van der Waals surface area contributed by atoms with Gasteiger partial charge in [-0.15, -0.1) is 11.3 Å². The normalized spacial score (nSPS) is 15.8. The third kappa shape index (κ3) is 3.85. The Morgan fingerprint density at radius 1 is 1.10 bits per heavy atom. The zero-order valence-electron chi connectivity index (χ0n) is 16.4. The Kier molecular flexibility index (Phi) is 5.04. The van der Waals surface area contributed by atoms with Gasteiger partial charge in [0.05, 0.1) is 27.3 Å². The molecule has 1 atom stereocenters. The van der Waals surface area contributed by atoms with E-state index in [0.717, 1.165) is 25.3 Å². The van der Waals surface area contributed by atoms with Crippen LogP contribution < -0.4 is 10.9 Å². The maximum absolute atomic E-state index is 14.0. The number of hydrogen-bond acceptors (Lipinski definition) is 5. The summed E-state index contributed by atoms with van der Waals surface area (Å²) in [7, 11) is 0. The number of thiophene rings is 1. The van der Waals surface area contributed by atoms with E-state index >= 15 is 0 Å². The van der Waals surface area contributed by atoms with Gasteiger partial charge in [-0.1, -0.05) is 6.92 Å². The molecule has 0 radical (unpaired) electrons. The first kappa shape index (κ1) is 19.4. The molecule has 0 bridgehead atoms. The average Bonchev–Trinajstić information content (AvgIpc) is 3.09. The molecule has 0 saturated heterocycles. The van der Waals surface area contributed by atoms with Gasteiger partial charge in [-0.3, -0.25) is 20.4 Å². The van der Waals surface area contributed by atoms with Crippen molar-refractivity contribution in [3.63, 3.8) is 0 Å². The highest BCUT2D eigenvalue weighted by molar-refractivity contribution is 7.14. The second-order valence-electron chi connectivity index (χ2n) is 7.53. The number of hydrazine groups is 1. The number of aryl methyl sites for hydroxylation is 3. The molecule has 1 unspecified atom stereocenters. The standard InChI is InChI=1S/C21H21FN4O2S/c1-10-4-5-17-13(6-10)7-18(29-17)21(28)26-25-20(27)15-8-14(22)9-16-19(15)24-12(3)11(2)23-16/h7-10H,4-6H2,1-3H3,(H,25,27)(H,26,28). The Labute approximate surface area is 171 Å². The van der Waals surface area contributed by atoms with Crippen molar-refractivity contribution in [1.82, 2.24) is 20.8 Å². The number of nitrogens with zero attached hydrogens (tertiary/aromatic N) is 2. The highest BCUT2D eigenvalue weighted by Crippen LogP contribution is 2.32. The zero-order chi connectivity index (χ0) is 20.7. The number of fused-ring (bicyclic) bond motifs is 2. The molecular formula is C21H21FN4O2S. The van der Waals surface area contributed by atoms with Gasteiger partial charge in [0.15, 0.2) is 0 Å². The molecule has 8 heteroatoms. The number of hydrogen-bond donors (Lipinski definition) is 2. The number of amides is 2. The SMILES string of the molecule is Cc1nc2cc(F)cc(C(=O)NNC(=O)c3cc4c(s3)CCC(C)C4)c2nc1C. The van der Waals surface area contributed by atoms with Crippen LogP contribution in [0.1, 0.15) is 55.2 Å². The van der Waals surface area contributed by atoms with Crippen LogP contribution in [0.25, 0.3) is 11.0 Å². The van der Waals surface area contributed by atoms with Gasteiger partial charge in [0, 0.05) is 10.9 Å². The molecule has 1 aliphatic carbocycles. The van der Waals surface area contributed by atoms with Gasteiger partial charge in [0.2, 0.25) is 0 Å². The molecule has 29 heavy (non-hydrogen) atoms. The second kappa shape index (κ2) is 7.51. The average molecular weight is 412 g/mol.